The number of aliphatic hydroxyl groups excluding tert-OH is 1. The highest BCUT2D eigenvalue weighted by atomic mass is 16.3. The number of nitrogens with one attached hydrogen (secondary N) is 2. The van der Waals surface area contributed by atoms with Crippen molar-refractivity contribution in [3.8, 4) is 0 Å². The second kappa shape index (κ2) is 4.57. The Morgan fingerprint density at radius 3 is 3.07 bits per heavy atom. The first-order valence-corrected chi connectivity index (χ1v) is 5.25. The smallest absolute Gasteiger partial charge is 0.0922 e. The van der Waals surface area contributed by atoms with E-state index in [1.54, 1.807) is 6.33 Å². The van der Waals surface area contributed by atoms with Crippen LogP contribution in [0.15, 0.2) is 12.5 Å². The maximum atomic E-state index is 9.71. The van der Waals surface area contributed by atoms with E-state index in [-0.39, 0.29) is 12.1 Å². The quantitative estimate of drug-likeness (QED) is 0.668. The summed E-state index contributed by atoms with van der Waals surface area (Å²) in [6.07, 6.45) is 7.69. The molecule has 2 rings (SSSR count). The van der Waals surface area contributed by atoms with E-state index < -0.39 is 0 Å². The van der Waals surface area contributed by atoms with Gasteiger partial charge in [-0.25, -0.2) is 4.98 Å². The van der Waals surface area contributed by atoms with Crippen LogP contribution in [0.2, 0.25) is 0 Å². The van der Waals surface area contributed by atoms with Gasteiger partial charge in [-0.2, -0.15) is 0 Å². The summed E-state index contributed by atoms with van der Waals surface area (Å²) in [5.41, 5.74) is 1.07. The molecule has 2 unspecified atom stereocenters. The number of aliphatic hydroxyl groups is 1. The number of imidazole rings is 1. The van der Waals surface area contributed by atoms with Crippen LogP contribution < -0.4 is 5.32 Å². The predicted octanol–water partition coefficient (Wildman–Crippen LogP) is 0.803. The minimum atomic E-state index is -0.174. The third kappa shape index (κ3) is 2.33. The summed E-state index contributed by atoms with van der Waals surface area (Å²) in [6, 6.07) is 0.257. The predicted molar refractivity (Wildman–Crippen MR) is 53.7 cm³/mol. The summed E-state index contributed by atoms with van der Waals surface area (Å²) >= 11 is 0. The Morgan fingerprint density at radius 2 is 2.36 bits per heavy atom. The Balaban J connectivity index is 1.79. The fraction of sp³-hybridized carbons (Fsp3) is 0.700. The number of aromatic nitrogens is 2. The van der Waals surface area contributed by atoms with Gasteiger partial charge in [0.05, 0.1) is 12.4 Å². The maximum Gasteiger partial charge on any atom is 0.0922 e. The van der Waals surface area contributed by atoms with Crippen molar-refractivity contribution in [1.82, 2.24) is 15.3 Å². The normalized spacial score (nSPS) is 27.8. The van der Waals surface area contributed by atoms with E-state index in [0.29, 0.717) is 0 Å². The van der Waals surface area contributed by atoms with Crippen LogP contribution in [-0.4, -0.2) is 27.2 Å². The highest BCUT2D eigenvalue weighted by Crippen LogP contribution is 2.18. The molecule has 4 nitrogen and oxygen atoms in total. The molecule has 1 aromatic rings. The summed E-state index contributed by atoms with van der Waals surface area (Å²) in [6.45, 7) is 0.766. The molecular formula is C10H17N3O. The van der Waals surface area contributed by atoms with Crippen molar-refractivity contribution in [3.05, 3.63) is 18.2 Å². The van der Waals surface area contributed by atoms with Crippen molar-refractivity contribution < 1.29 is 5.11 Å². The van der Waals surface area contributed by atoms with Crippen LogP contribution in [0, 0.1) is 0 Å². The van der Waals surface area contributed by atoms with Crippen LogP contribution in [0.1, 0.15) is 31.4 Å². The number of hydrogen-bond donors (Lipinski definition) is 3. The molecule has 1 aliphatic rings. The average Bonchev–Trinajstić information content (AvgIpc) is 2.69. The first kappa shape index (κ1) is 9.68. The molecule has 0 aliphatic heterocycles. The zero-order valence-corrected chi connectivity index (χ0v) is 8.24. The fourth-order valence-electron chi connectivity index (χ4n) is 1.97. The molecule has 1 fully saturated rings. The summed E-state index contributed by atoms with van der Waals surface area (Å²) in [4.78, 5) is 6.98. The third-order valence-electron chi connectivity index (χ3n) is 2.84. The van der Waals surface area contributed by atoms with E-state index in [2.05, 4.69) is 15.3 Å². The SMILES string of the molecule is OC1CCCCC1NCc1cnc[nH]1. The summed E-state index contributed by atoms with van der Waals surface area (Å²) < 4.78 is 0. The lowest BCUT2D eigenvalue weighted by atomic mass is 9.92. The molecule has 0 spiro atoms. The van der Waals surface area contributed by atoms with Crippen LogP contribution in [0.5, 0.6) is 0 Å². The summed E-state index contributed by atoms with van der Waals surface area (Å²) in [5.74, 6) is 0. The van der Waals surface area contributed by atoms with E-state index in [9.17, 15) is 5.11 Å². The minimum Gasteiger partial charge on any atom is -0.392 e. The maximum absolute atomic E-state index is 9.71. The summed E-state index contributed by atoms with van der Waals surface area (Å²) in [5, 5.41) is 13.1. The van der Waals surface area contributed by atoms with E-state index >= 15 is 0 Å². The van der Waals surface area contributed by atoms with E-state index in [1.807, 2.05) is 6.20 Å². The Bertz CT molecular complexity index is 260. The zero-order valence-electron chi connectivity index (χ0n) is 8.24. The molecule has 1 heterocycles. The molecule has 14 heavy (non-hydrogen) atoms. The standard InChI is InChI=1S/C10H17N3O/c14-10-4-2-1-3-9(10)12-6-8-5-11-7-13-8/h5,7,9-10,12,14H,1-4,6H2,(H,11,13). The Labute approximate surface area is 83.8 Å². The van der Waals surface area contributed by atoms with Gasteiger partial charge in [0.1, 0.15) is 0 Å². The van der Waals surface area contributed by atoms with Gasteiger partial charge in [-0.15, -0.1) is 0 Å². The van der Waals surface area contributed by atoms with Crippen molar-refractivity contribution >= 4 is 0 Å². The number of nitrogens with zero attached hydrogens (tertiary/aromatic N) is 1. The number of H-pyrrole nitrogens is 1. The topological polar surface area (TPSA) is 60.9 Å². The molecule has 1 saturated carbocycles. The molecule has 3 N–H and O–H groups in total. The van der Waals surface area contributed by atoms with Gasteiger partial charge in [0.15, 0.2) is 0 Å². The van der Waals surface area contributed by atoms with Gasteiger partial charge >= 0.3 is 0 Å². The van der Waals surface area contributed by atoms with Crippen LogP contribution >= 0.6 is 0 Å². The number of aromatic amines is 1. The lowest BCUT2D eigenvalue weighted by Crippen LogP contribution is -2.41. The molecular weight excluding hydrogens is 178 g/mol. The van der Waals surface area contributed by atoms with Crippen LogP contribution in [-0.2, 0) is 6.54 Å². The molecule has 4 heteroatoms. The van der Waals surface area contributed by atoms with Crippen molar-refractivity contribution in [2.24, 2.45) is 0 Å². The Kier molecular flexibility index (Phi) is 3.16. The molecule has 78 valence electrons. The zero-order chi connectivity index (χ0) is 9.80. The van der Waals surface area contributed by atoms with Crippen molar-refractivity contribution in [3.63, 3.8) is 0 Å². The minimum absolute atomic E-state index is 0.174. The summed E-state index contributed by atoms with van der Waals surface area (Å²) in [7, 11) is 0. The molecule has 0 bridgehead atoms. The molecule has 0 aromatic carbocycles. The third-order valence-corrected chi connectivity index (χ3v) is 2.84. The Morgan fingerprint density at radius 1 is 1.50 bits per heavy atom. The van der Waals surface area contributed by atoms with Crippen LogP contribution in [0.3, 0.4) is 0 Å². The highest BCUT2D eigenvalue weighted by molar-refractivity contribution is 4.94. The molecule has 1 aromatic heterocycles. The van der Waals surface area contributed by atoms with Gasteiger partial charge in [-0.1, -0.05) is 12.8 Å². The largest absolute Gasteiger partial charge is 0.392 e. The van der Waals surface area contributed by atoms with Crippen molar-refractivity contribution in [2.45, 2.75) is 44.4 Å². The molecule has 0 saturated heterocycles. The average molecular weight is 195 g/mol. The van der Waals surface area contributed by atoms with Crippen molar-refractivity contribution in [2.75, 3.05) is 0 Å². The van der Waals surface area contributed by atoms with Gasteiger partial charge in [0.25, 0.3) is 0 Å². The molecule has 0 amide bonds. The number of rotatable bonds is 3. The van der Waals surface area contributed by atoms with E-state index in [0.717, 1.165) is 31.5 Å². The van der Waals surface area contributed by atoms with E-state index in [1.165, 1.54) is 6.42 Å². The second-order valence-electron chi connectivity index (χ2n) is 3.92. The molecule has 1 aliphatic carbocycles. The van der Waals surface area contributed by atoms with Crippen molar-refractivity contribution in [1.29, 1.82) is 0 Å². The highest BCUT2D eigenvalue weighted by Gasteiger charge is 2.22. The monoisotopic (exact) mass is 195 g/mol. The Hall–Kier alpha value is -0.870. The molecule has 2 atom stereocenters. The van der Waals surface area contributed by atoms with Crippen LogP contribution in [0.25, 0.3) is 0 Å². The van der Waals surface area contributed by atoms with Crippen LogP contribution in [0.4, 0.5) is 0 Å². The second-order valence-corrected chi connectivity index (χ2v) is 3.92. The molecule has 0 radical (unpaired) electrons. The van der Waals surface area contributed by atoms with Gasteiger partial charge < -0.3 is 15.4 Å². The van der Waals surface area contributed by atoms with Gasteiger partial charge in [0, 0.05) is 24.5 Å². The first-order valence-electron chi connectivity index (χ1n) is 5.25. The van der Waals surface area contributed by atoms with Gasteiger partial charge in [-0.05, 0) is 12.8 Å². The first-order chi connectivity index (χ1) is 6.86. The fourth-order valence-corrected chi connectivity index (χ4v) is 1.97. The lowest BCUT2D eigenvalue weighted by Gasteiger charge is -2.28. The van der Waals surface area contributed by atoms with Gasteiger partial charge in [-0.3, -0.25) is 0 Å². The number of hydrogen-bond acceptors (Lipinski definition) is 3. The lowest BCUT2D eigenvalue weighted by molar-refractivity contribution is 0.0901. The van der Waals surface area contributed by atoms with E-state index in [4.69, 9.17) is 0 Å². The van der Waals surface area contributed by atoms with Gasteiger partial charge in [0.2, 0.25) is 0 Å².